The van der Waals surface area contributed by atoms with Crippen molar-refractivity contribution in [3.05, 3.63) is 93.4 Å². The molecule has 0 fully saturated rings. The van der Waals surface area contributed by atoms with Gasteiger partial charge in [-0.1, -0.05) is 47.7 Å². The van der Waals surface area contributed by atoms with Gasteiger partial charge in [-0.05, 0) is 61.7 Å². The molecule has 0 aliphatic carbocycles. The Morgan fingerprint density at radius 3 is 2.51 bits per heavy atom. The minimum atomic E-state index is -0.145. The molecule has 176 valence electrons. The number of benzene rings is 2. The molecule has 35 heavy (non-hydrogen) atoms. The number of anilines is 1. The van der Waals surface area contributed by atoms with Gasteiger partial charge in [0.1, 0.15) is 9.53 Å². The van der Waals surface area contributed by atoms with Crippen LogP contribution < -0.4 is 10.9 Å². The molecule has 6 nitrogen and oxygen atoms in total. The van der Waals surface area contributed by atoms with Crippen molar-refractivity contribution in [2.24, 2.45) is 0 Å². The maximum absolute atomic E-state index is 13.6. The van der Waals surface area contributed by atoms with Crippen LogP contribution in [0, 0.1) is 20.8 Å². The zero-order valence-electron chi connectivity index (χ0n) is 19.7. The SMILES string of the molecule is Cc1ccc(Cn2c(SCC(=O)Nc3cc(C)cc(C)c3)nc3c(sc4ncccc43)c2=O)cc1. The van der Waals surface area contributed by atoms with Crippen LogP contribution in [-0.2, 0) is 11.3 Å². The molecule has 0 atom stereocenters. The number of aromatic nitrogens is 3. The van der Waals surface area contributed by atoms with Gasteiger partial charge >= 0.3 is 0 Å². The molecule has 2 aromatic carbocycles. The number of amides is 1. The van der Waals surface area contributed by atoms with Crippen LogP contribution in [0.15, 0.2) is 70.7 Å². The van der Waals surface area contributed by atoms with E-state index in [1.165, 1.54) is 23.1 Å². The van der Waals surface area contributed by atoms with E-state index in [1.54, 1.807) is 10.8 Å². The molecule has 0 bridgehead atoms. The van der Waals surface area contributed by atoms with E-state index >= 15 is 0 Å². The van der Waals surface area contributed by atoms with Crippen molar-refractivity contribution in [3.63, 3.8) is 0 Å². The molecule has 0 radical (unpaired) electrons. The summed E-state index contributed by atoms with van der Waals surface area (Å²) in [6, 6.07) is 17.8. The summed E-state index contributed by atoms with van der Waals surface area (Å²) in [5.74, 6) is -0.00725. The van der Waals surface area contributed by atoms with Crippen molar-refractivity contribution in [3.8, 4) is 0 Å². The molecular weight excluding hydrogens is 476 g/mol. The molecule has 1 N–H and O–H groups in total. The predicted octanol–water partition coefficient (Wildman–Crippen LogP) is 5.71. The van der Waals surface area contributed by atoms with E-state index in [4.69, 9.17) is 4.98 Å². The maximum atomic E-state index is 13.6. The molecule has 0 unspecified atom stereocenters. The molecule has 5 aromatic rings. The van der Waals surface area contributed by atoms with Crippen LogP contribution in [-0.4, -0.2) is 26.2 Å². The zero-order chi connectivity index (χ0) is 24.5. The van der Waals surface area contributed by atoms with E-state index in [0.717, 1.165) is 38.2 Å². The molecule has 5 rings (SSSR count). The lowest BCUT2D eigenvalue weighted by Gasteiger charge is -2.13. The van der Waals surface area contributed by atoms with Crippen LogP contribution in [0.2, 0.25) is 0 Å². The summed E-state index contributed by atoms with van der Waals surface area (Å²) in [5.41, 5.74) is 5.62. The van der Waals surface area contributed by atoms with Crippen molar-refractivity contribution < 1.29 is 4.79 Å². The summed E-state index contributed by atoms with van der Waals surface area (Å²) >= 11 is 2.63. The molecule has 8 heteroatoms. The fraction of sp³-hybridized carbons (Fsp3) is 0.185. The lowest BCUT2D eigenvalue weighted by Crippen LogP contribution is -2.24. The highest BCUT2D eigenvalue weighted by Gasteiger charge is 2.18. The third-order valence-corrected chi connectivity index (χ3v) is 7.68. The van der Waals surface area contributed by atoms with Crippen LogP contribution in [0.3, 0.4) is 0 Å². The molecule has 0 aliphatic rings. The van der Waals surface area contributed by atoms with Gasteiger partial charge in [-0.3, -0.25) is 14.2 Å². The molecule has 3 aromatic heterocycles. The number of carbonyl (C=O) groups excluding carboxylic acids is 1. The molecule has 0 saturated carbocycles. The maximum Gasteiger partial charge on any atom is 0.272 e. The van der Waals surface area contributed by atoms with E-state index in [9.17, 15) is 9.59 Å². The number of thiophene rings is 1. The monoisotopic (exact) mass is 500 g/mol. The first kappa shape index (κ1) is 23.3. The number of nitrogens with one attached hydrogen (secondary N) is 1. The van der Waals surface area contributed by atoms with E-state index < -0.39 is 0 Å². The molecule has 1 amide bonds. The highest BCUT2D eigenvalue weighted by Crippen LogP contribution is 2.30. The number of rotatable bonds is 6. The summed E-state index contributed by atoms with van der Waals surface area (Å²) in [6.07, 6.45) is 1.72. The fourth-order valence-corrected chi connectivity index (χ4v) is 5.86. The van der Waals surface area contributed by atoms with Crippen LogP contribution in [0.4, 0.5) is 5.69 Å². The van der Waals surface area contributed by atoms with Gasteiger partial charge in [0.05, 0.1) is 17.8 Å². The first-order valence-corrected chi connectivity index (χ1v) is 13.0. The number of nitrogens with zero attached hydrogens (tertiary/aromatic N) is 3. The van der Waals surface area contributed by atoms with Gasteiger partial charge in [0, 0.05) is 17.3 Å². The van der Waals surface area contributed by atoms with E-state index in [-0.39, 0.29) is 17.2 Å². The Labute approximate surface area is 211 Å². The van der Waals surface area contributed by atoms with Crippen molar-refractivity contribution in [1.29, 1.82) is 0 Å². The van der Waals surface area contributed by atoms with Gasteiger partial charge < -0.3 is 5.32 Å². The third-order valence-electron chi connectivity index (χ3n) is 5.62. The summed E-state index contributed by atoms with van der Waals surface area (Å²) < 4.78 is 2.24. The predicted molar refractivity (Wildman–Crippen MR) is 145 cm³/mol. The summed E-state index contributed by atoms with van der Waals surface area (Å²) in [6.45, 7) is 6.41. The molecule has 3 heterocycles. The van der Waals surface area contributed by atoms with Crippen molar-refractivity contribution in [1.82, 2.24) is 14.5 Å². The average Bonchev–Trinajstić information content (AvgIpc) is 3.19. The Balaban J connectivity index is 1.50. The minimum absolute atomic E-state index is 0.115. The van der Waals surface area contributed by atoms with Gasteiger partial charge in [0.2, 0.25) is 5.91 Å². The summed E-state index contributed by atoms with van der Waals surface area (Å²) in [5, 5.41) is 4.33. The van der Waals surface area contributed by atoms with Gasteiger partial charge in [0.15, 0.2) is 5.16 Å². The van der Waals surface area contributed by atoms with E-state index in [2.05, 4.69) is 16.4 Å². The number of thioether (sulfide) groups is 1. The smallest absolute Gasteiger partial charge is 0.272 e. The van der Waals surface area contributed by atoms with Gasteiger partial charge in [0.25, 0.3) is 5.56 Å². The quantitative estimate of drug-likeness (QED) is 0.239. The highest BCUT2D eigenvalue weighted by molar-refractivity contribution is 7.99. The minimum Gasteiger partial charge on any atom is -0.325 e. The Hall–Kier alpha value is -3.49. The molecule has 0 aliphatic heterocycles. The van der Waals surface area contributed by atoms with Crippen molar-refractivity contribution >= 4 is 55.1 Å². The van der Waals surface area contributed by atoms with Crippen LogP contribution >= 0.6 is 23.1 Å². The van der Waals surface area contributed by atoms with Crippen LogP contribution in [0.5, 0.6) is 0 Å². The van der Waals surface area contributed by atoms with Crippen LogP contribution in [0.1, 0.15) is 22.3 Å². The number of aryl methyl sites for hydroxylation is 3. The fourth-order valence-electron chi connectivity index (χ4n) is 4.04. The second-order valence-corrected chi connectivity index (χ2v) is 10.6. The number of hydrogen-bond acceptors (Lipinski definition) is 6. The van der Waals surface area contributed by atoms with E-state index in [1.807, 2.05) is 69.3 Å². The zero-order valence-corrected chi connectivity index (χ0v) is 21.3. The number of pyridine rings is 1. The standard InChI is InChI=1S/C27H24N4O2S2/c1-16-6-8-19(9-7-16)14-31-26(33)24-23(21-5-4-10-28-25(21)35-24)30-27(31)34-15-22(32)29-20-12-17(2)11-18(3)13-20/h4-13H,14-15H2,1-3H3,(H,29,32). The van der Waals surface area contributed by atoms with Crippen LogP contribution in [0.25, 0.3) is 20.4 Å². The Morgan fingerprint density at radius 2 is 1.77 bits per heavy atom. The number of fused-ring (bicyclic) bond motifs is 3. The van der Waals surface area contributed by atoms with Crippen molar-refractivity contribution in [2.45, 2.75) is 32.5 Å². The Morgan fingerprint density at radius 1 is 1.03 bits per heavy atom. The molecule has 0 saturated heterocycles. The first-order valence-electron chi connectivity index (χ1n) is 11.2. The van der Waals surface area contributed by atoms with Gasteiger partial charge in [-0.2, -0.15) is 0 Å². The van der Waals surface area contributed by atoms with E-state index in [0.29, 0.717) is 21.9 Å². The topological polar surface area (TPSA) is 76.9 Å². The Bertz CT molecular complexity index is 1600. The second-order valence-electron chi connectivity index (χ2n) is 8.62. The molecule has 0 spiro atoms. The third kappa shape index (κ3) is 4.99. The van der Waals surface area contributed by atoms with Crippen molar-refractivity contribution in [2.75, 3.05) is 11.1 Å². The largest absolute Gasteiger partial charge is 0.325 e. The Kier molecular flexibility index (Phi) is 6.40. The van der Waals surface area contributed by atoms with Gasteiger partial charge in [-0.25, -0.2) is 9.97 Å². The average molecular weight is 501 g/mol. The first-order chi connectivity index (χ1) is 16.9. The number of hydrogen-bond donors (Lipinski definition) is 1. The highest BCUT2D eigenvalue weighted by atomic mass is 32.2. The molecular formula is C27H24N4O2S2. The number of carbonyl (C=O) groups is 1. The summed E-state index contributed by atoms with van der Waals surface area (Å²) in [4.78, 5) is 36.4. The normalized spacial score (nSPS) is 11.3. The lowest BCUT2D eigenvalue weighted by atomic mass is 10.1. The summed E-state index contributed by atoms with van der Waals surface area (Å²) in [7, 11) is 0. The lowest BCUT2D eigenvalue weighted by molar-refractivity contribution is -0.113. The van der Waals surface area contributed by atoms with Gasteiger partial charge in [-0.15, -0.1) is 11.3 Å². The second kappa shape index (κ2) is 9.64.